The predicted octanol–water partition coefficient (Wildman–Crippen LogP) is 2.90. The summed E-state index contributed by atoms with van der Waals surface area (Å²) < 4.78 is 18.7. The fraction of sp³-hybridized carbons (Fsp3) is 0.235. The van der Waals surface area contributed by atoms with Crippen LogP contribution in [0.25, 0.3) is 0 Å². The molecule has 2 aromatic rings. The molecular formula is C17H16FNO2. The van der Waals surface area contributed by atoms with E-state index in [4.69, 9.17) is 4.74 Å². The van der Waals surface area contributed by atoms with Crippen LogP contribution in [0.3, 0.4) is 0 Å². The summed E-state index contributed by atoms with van der Waals surface area (Å²) in [5.41, 5.74) is 2.52. The molecule has 0 radical (unpaired) electrons. The van der Waals surface area contributed by atoms with Crippen molar-refractivity contribution in [3.8, 4) is 5.75 Å². The van der Waals surface area contributed by atoms with Crippen molar-refractivity contribution in [2.45, 2.75) is 12.5 Å². The molecule has 0 saturated carbocycles. The molecule has 1 N–H and O–H groups in total. The third kappa shape index (κ3) is 2.54. The number of hydrogen-bond acceptors (Lipinski definition) is 3. The molecule has 4 heteroatoms. The van der Waals surface area contributed by atoms with Crippen molar-refractivity contribution in [3.05, 3.63) is 65.0 Å². The molecule has 21 heavy (non-hydrogen) atoms. The number of hydrogen-bond donors (Lipinski definition) is 1. The summed E-state index contributed by atoms with van der Waals surface area (Å²) in [5, 5.41) is 3.24. The van der Waals surface area contributed by atoms with Gasteiger partial charge >= 0.3 is 0 Å². The Morgan fingerprint density at radius 2 is 2.10 bits per heavy atom. The van der Waals surface area contributed by atoms with Gasteiger partial charge in [0.1, 0.15) is 0 Å². The topological polar surface area (TPSA) is 38.3 Å². The minimum absolute atomic E-state index is 0.0730. The Kier molecular flexibility index (Phi) is 3.71. The maximum absolute atomic E-state index is 13.8. The molecule has 0 aliphatic carbocycles. The predicted molar refractivity (Wildman–Crippen MR) is 78.2 cm³/mol. The Labute approximate surface area is 122 Å². The molecule has 3 nitrogen and oxygen atoms in total. The standard InChI is InChI=1S/C17H16FNO2/c1-21-16-7-6-11(8-15(16)18)17(20)14-10-19-9-12-4-2-3-5-13(12)14/h2-8,14,19H,9-10H2,1H3. The van der Waals surface area contributed by atoms with Crippen LogP contribution in [0.4, 0.5) is 4.39 Å². The monoisotopic (exact) mass is 285 g/mol. The summed E-state index contributed by atoms with van der Waals surface area (Å²) in [4.78, 5) is 12.7. The molecule has 1 atom stereocenters. The molecule has 1 aliphatic heterocycles. The second-order valence-corrected chi connectivity index (χ2v) is 5.10. The first kappa shape index (κ1) is 13.8. The molecule has 0 amide bonds. The van der Waals surface area contributed by atoms with Crippen molar-refractivity contribution < 1.29 is 13.9 Å². The van der Waals surface area contributed by atoms with Gasteiger partial charge in [-0.1, -0.05) is 24.3 Å². The lowest BCUT2D eigenvalue weighted by atomic mass is 9.85. The quantitative estimate of drug-likeness (QED) is 0.881. The average Bonchev–Trinajstić information content (AvgIpc) is 2.53. The number of halogens is 1. The molecule has 1 heterocycles. The highest BCUT2D eigenvalue weighted by Gasteiger charge is 2.27. The van der Waals surface area contributed by atoms with Gasteiger partial charge in [0.25, 0.3) is 0 Å². The Bertz CT molecular complexity index is 684. The van der Waals surface area contributed by atoms with E-state index < -0.39 is 5.82 Å². The zero-order chi connectivity index (χ0) is 14.8. The van der Waals surface area contributed by atoms with Gasteiger partial charge in [0.15, 0.2) is 17.3 Å². The van der Waals surface area contributed by atoms with Gasteiger partial charge in [-0.3, -0.25) is 4.79 Å². The molecule has 1 unspecified atom stereocenters. The zero-order valence-electron chi connectivity index (χ0n) is 11.7. The normalized spacial score (nSPS) is 17.1. The number of Topliss-reactive ketones (excluding diaryl/α,β-unsaturated/α-hetero) is 1. The second-order valence-electron chi connectivity index (χ2n) is 5.10. The lowest BCUT2D eigenvalue weighted by molar-refractivity contribution is 0.0954. The Hall–Kier alpha value is -2.20. The zero-order valence-corrected chi connectivity index (χ0v) is 11.7. The first-order chi connectivity index (χ1) is 10.2. The number of ether oxygens (including phenoxy) is 1. The number of carbonyl (C=O) groups excluding carboxylic acids is 1. The van der Waals surface area contributed by atoms with Gasteiger partial charge < -0.3 is 10.1 Å². The van der Waals surface area contributed by atoms with Crippen LogP contribution in [0, 0.1) is 5.82 Å². The summed E-state index contributed by atoms with van der Waals surface area (Å²) >= 11 is 0. The smallest absolute Gasteiger partial charge is 0.171 e. The largest absolute Gasteiger partial charge is 0.494 e. The van der Waals surface area contributed by atoms with Crippen LogP contribution < -0.4 is 10.1 Å². The third-order valence-corrected chi connectivity index (χ3v) is 3.85. The average molecular weight is 285 g/mol. The van der Waals surface area contributed by atoms with E-state index in [0.29, 0.717) is 12.1 Å². The van der Waals surface area contributed by atoms with E-state index in [-0.39, 0.29) is 17.5 Å². The van der Waals surface area contributed by atoms with Gasteiger partial charge in [-0.25, -0.2) is 4.39 Å². The van der Waals surface area contributed by atoms with E-state index >= 15 is 0 Å². The van der Waals surface area contributed by atoms with Gasteiger partial charge in [-0.05, 0) is 29.3 Å². The number of benzene rings is 2. The van der Waals surface area contributed by atoms with Crippen molar-refractivity contribution in [2.24, 2.45) is 0 Å². The maximum Gasteiger partial charge on any atom is 0.171 e. The number of methoxy groups -OCH3 is 1. The van der Waals surface area contributed by atoms with E-state index in [0.717, 1.165) is 17.7 Å². The van der Waals surface area contributed by atoms with Crippen LogP contribution in [-0.4, -0.2) is 19.4 Å². The molecule has 0 spiro atoms. The Morgan fingerprint density at radius 1 is 1.29 bits per heavy atom. The maximum atomic E-state index is 13.8. The van der Waals surface area contributed by atoms with Gasteiger partial charge in [-0.2, -0.15) is 0 Å². The Morgan fingerprint density at radius 3 is 2.86 bits per heavy atom. The number of ketones is 1. The minimum atomic E-state index is -0.514. The molecule has 2 aromatic carbocycles. The van der Waals surface area contributed by atoms with Crippen LogP contribution in [0.1, 0.15) is 27.4 Å². The second kappa shape index (κ2) is 5.66. The van der Waals surface area contributed by atoms with E-state index in [2.05, 4.69) is 5.32 Å². The fourth-order valence-corrected chi connectivity index (χ4v) is 2.75. The molecule has 3 rings (SSSR count). The van der Waals surface area contributed by atoms with Crippen molar-refractivity contribution in [1.29, 1.82) is 0 Å². The van der Waals surface area contributed by atoms with Crippen LogP contribution >= 0.6 is 0 Å². The van der Waals surface area contributed by atoms with Crippen molar-refractivity contribution in [3.63, 3.8) is 0 Å². The van der Waals surface area contributed by atoms with Crippen LogP contribution in [0.15, 0.2) is 42.5 Å². The Balaban J connectivity index is 1.95. The highest BCUT2D eigenvalue weighted by Crippen LogP contribution is 2.28. The van der Waals surface area contributed by atoms with Gasteiger partial charge in [0.2, 0.25) is 0 Å². The molecule has 0 aromatic heterocycles. The van der Waals surface area contributed by atoms with E-state index in [9.17, 15) is 9.18 Å². The summed E-state index contributed by atoms with van der Waals surface area (Å²) in [6.45, 7) is 1.33. The summed E-state index contributed by atoms with van der Waals surface area (Å²) in [6, 6.07) is 12.2. The third-order valence-electron chi connectivity index (χ3n) is 3.85. The SMILES string of the molecule is COc1ccc(C(=O)C2CNCc3ccccc32)cc1F. The molecule has 0 fully saturated rings. The van der Waals surface area contributed by atoms with E-state index in [1.807, 2.05) is 24.3 Å². The minimum Gasteiger partial charge on any atom is -0.494 e. The lowest BCUT2D eigenvalue weighted by Gasteiger charge is -2.25. The van der Waals surface area contributed by atoms with Gasteiger partial charge in [-0.15, -0.1) is 0 Å². The molecular weight excluding hydrogens is 269 g/mol. The summed E-state index contributed by atoms with van der Waals surface area (Å²) in [5.74, 6) is -0.715. The lowest BCUT2D eigenvalue weighted by Crippen LogP contribution is -2.32. The summed E-state index contributed by atoms with van der Waals surface area (Å²) in [6.07, 6.45) is 0. The molecule has 0 saturated heterocycles. The summed E-state index contributed by atoms with van der Waals surface area (Å²) in [7, 11) is 1.40. The highest BCUT2D eigenvalue weighted by molar-refractivity contribution is 6.01. The van der Waals surface area contributed by atoms with Crippen molar-refractivity contribution >= 4 is 5.78 Å². The molecule has 0 bridgehead atoms. The van der Waals surface area contributed by atoms with Crippen LogP contribution in [-0.2, 0) is 6.54 Å². The number of nitrogens with one attached hydrogen (secondary N) is 1. The first-order valence-electron chi connectivity index (χ1n) is 6.87. The number of rotatable bonds is 3. The van der Waals surface area contributed by atoms with Crippen LogP contribution in [0.2, 0.25) is 0 Å². The first-order valence-corrected chi connectivity index (χ1v) is 6.87. The van der Waals surface area contributed by atoms with Crippen molar-refractivity contribution in [2.75, 3.05) is 13.7 Å². The molecule has 108 valence electrons. The van der Waals surface area contributed by atoms with Gasteiger partial charge in [0, 0.05) is 18.7 Å². The van der Waals surface area contributed by atoms with E-state index in [1.165, 1.54) is 19.2 Å². The molecule has 1 aliphatic rings. The van der Waals surface area contributed by atoms with Crippen LogP contribution in [0.5, 0.6) is 5.75 Å². The van der Waals surface area contributed by atoms with E-state index in [1.54, 1.807) is 6.07 Å². The number of fused-ring (bicyclic) bond motifs is 1. The van der Waals surface area contributed by atoms with Gasteiger partial charge in [0.05, 0.1) is 13.0 Å². The number of carbonyl (C=O) groups is 1. The highest BCUT2D eigenvalue weighted by atomic mass is 19.1. The van der Waals surface area contributed by atoms with Crippen molar-refractivity contribution in [1.82, 2.24) is 5.32 Å². The fourth-order valence-electron chi connectivity index (χ4n) is 2.75.